The Morgan fingerprint density at radius 2 is 1.94 bits per heavy atom. The Kier molecular flexibility index (Phi) is 5.49. The maximum atomic E-state index is 11.6. The molecule has 0 atom stereocenters. The molecular weight excluding hydrogens is 234 g/mol. The topological polar surface area (TPSA) is 37.4 Å². The summed E-state index contributed by atoms with van der Waals surface area (Å²) in [6.07, 6.45) is 4.94. The average Bonchev–Trinajstić information content (AvgIpc) is 2.36. The van der Waals surface area contributed by atoms with Crippen molar-refractivity contribution in [3.8, 4) is 0 Å². The van der Waals surface area contributed by atoms with Gasteiger partial charge in [0.05, 0.1) is 5.75 Å². The lowest BCUT2D eigenvalue weighted by atomic mass is 10.2. The Bertz CT molecular complexity index is 415. The van der Waals surface area contributed by atoms with Crippen LogP contribution in [0.15, 0.2) is 36.4 Å². The Balaban J connectivity index is 2.60. The lowest BCUT2D eigenvalue weighted by Gasteiger charge is -2.11. The largest absolute Gasteiger partial charge is 0.281 e. The fraction of sp³-hybridized carbons (Fsp3) is 0.231. The van der Waals surface area contributed by atoms with E-state index in [-0.39, 0.29) is 11.8 Å². The van der Waals surface area contributed by atoms with E-state index in [1.54, 1.807) is 6.08 Å². The highest BCUT2D eigenvalue weighted by Crippen LogP contribution is 2.02. The fourth-order valence-electron chi connectivity index (χ4n) is 1.19. The second-order valence-electron chi connectivity index (χ2n) is 3.47. The third-order valence-corrected chi connectivity index (χ3v) is 2.73. The first-order valence-corrected chi connectivity index (χ1v) is 6.57. The Labute approximate surface area is 106 Å². The summed E-state index contributed by atoms with van der Waals surface area (Å²) in [5.41, 5.74) is 0.937. The molecule has 0 aromatic heterocycles. The molecule has 0 unspecified atom stereocenters. The van der Waals surface area contributed by atoms with Crippen LogP contribution in [-0.2, 0) is 9.59 Å². The summed E-state index contributed by atoms with van der Waals surface area (Å²) in [7, 11) is 1.50. The summed E-state index contributed by atoms with van der Waals surface area (Å²) in [5.74, 6) is -0.158. The molecule has 0 saturated heterocycles. The molecule has 1 aromatic carbocycles. The molecule has 1 aromatic rings. The molecule has 1 rings (SSSR count). The number of carbonyl (C=O) groups excluding carboxylic acids is 2. The second kappa shape index (κ2) is 6.91. The van der Waals surface area contributed by atoms with Gasteiger partial charge in [-0.1, -0.05) is 30.3 Å². The van der Waals surface area contributed by atoms with E-state index < -0.39 is 0 Å². The van der Waals surface area contributed by atoms with Crippen molar-refractivity contribution in [2.24, 2.45) is 0 Å². The minimum Gasteiger partial charge on any atom is -0.281 e. The second-order valence-corrected chi connectivity index (χ2v) is 4.33. The van der Waals surface area contributed by atoms with Gasteiger partial charge in [-0.3, -0.25) is 14.5 Å². The van der Waals surface area contributed by atoms with E-state index in [1.807, 2.05) is 36.6 Å². The Hall–Kier alpha value is -1.55. The molecular formula is C13H15NO2S. The van der Waals surface area contributed by atoms with Crippen molar-refractivity contribution in [1.82, 2.24) is 4.90 Å². The normalized spacial score (nSPS) is 10.5. The lowest BCUT2D eigenvalue weighted by Crippen LogP contribution is -2.33. The number of carbonyl (C=O) groups is 2. The number of nitrogens with zero attached hydrogens (tertiary/aromatic N) is 1. The third-order valence-electron chi connectivity index (χ3n) is 2.19. The maximum Gasteiger partial charge on any atom is 0.252 e. The van der Waals surface area contributed by atoms with Crippen molar-refractivity contribution in [2.75, 3.05) is 19.1 Å². The van der Waals surface area contributed by atoms with Gasteiger partial charge in [-0.05, 0) is 17.9 Å². The van der Waals surface area contributed by atoms with Crippen molar-refractivity contribution >= 4 is 29.7 Å². The molecule has 0 heterocycles. The van der Waals surface area contributed by atoms with Crippen LogP contribution in [0.5, 0.6) is 0 Å². The zero-order valence-electron chi connectivity index (χ0n) is 9.92. The van der Waals surface area contributed by atoms with E-state index in [9.17, 15) is 9.59 Å². The van der Waals surface area contributed by atoms with Crippen LogP contribution in [0.4, 0.5) is 0 Å². The number of rotatable bonds is 4. The van der Waals surface area contributed by atoms with E-state index in [1.165, 1.54) is 24.9 Å². The van der Waals surface area contributed by atoms with Gasteiger partial charge in [-0.2, -0.15) is 11.8 Å². The van der Waals surface area contributed by atoms with E-state index in [4.69, 9.17) is 0 Å². The number of imide groups is 1. The maximum absolute atomic E-state index is 11.6. The quantitative estimate of drug-likeness (QED) is 0.766. The molecule has 0 radical (unpaired) electrons. The van der Waals surface area contributed by atoms with Gasteiger partial charge in [0.25, 0.3) is 5.91 Å². The average molecular weight is 249 g/mol. The van der Waals surface area contributed by atoms with Crippen LogP contribution < -0.4 is 0 Å². The summed E-state index contributed by atoms with van der Waals surface area (Å²) in [6, 6.07) is 9.49. The van der Waals surface area contributed by atoms with Gasteiger partial charge in [0.15, 0.2) is 0 Å². The van der Waals surface area contributed by atoms with Crippen molar-refractivity contribution < 1.29 is 9.59 Å². The minimum atomic E-state index is -0.298. The molecule has 0 spiro atoms. The van der Waals surface area contributed by atoms with Crippen LogP contribution >= 0.6 is 11.8 Å². The van der Waals surface area contributed by atoms with E-state index in [0.29, 0.717) is 5.75 Å². The van der Waals surface area contributed by atoms with Crippen LogP contribution in [0.25, 0.3) is 6.08 Å². The van der Waals surface area contributed by atoms with Crippen molar-refractivity contribution in [3.63, 3.8) is 0 Å². The molecule has 0 bridgehead atoms. The van der Waals surface area contributed by atoms with Gasteiger partial charge in [-0.15, -0.1) is 0 Å². The number of hydrogen-bond acceptors (Lipinski definition) is 3. The highest BCUT2D eigenvalue weighted by atomic mass is 32.2. The molecule has 0 fully saturated rings. The summed E-state index contributed by atoms with van der Waals surface area (Å²) in [4.78, 5) is 24.2. The van der Waals surface area contributed by atoms with Crippen LogP contribution in [0, 0.1) is 0 Å². The van der Waals surface area contributed by atoms with Crippen LogP contribution in [0.3, 0.4) is 0 Å². The van der Waals surface area contributed by atoms with Gasteiger partial charge in [0.2, 0.25) is 5.91 Å². The molecule has 4 heteroatoms. The number of hydrogen-bond donors (Lipinski definition) is 0. The van der Waals surface area contributed by atoms with Crippen molar-refractivity contribution in [3.05, 3.63) is 42.0 Å². The van der Waals surface area contributed by atoms with Crippen molar-refractivity contribution in [1.29, 1.82) is 0 Å². The summed E-state index contributed by atoms with van der Waals surface area (Å²) in [6.45, 7) is 0. The lowest BCUT2D eigenvalue weighted by molar-refractivity contribution is -0.138. The number of thioether (sulfide) groups is 1. The summed E-state index contributed by atoms with van der Waals surface area (Å²) < 4.78 is 0. The van der Waals surface area contributed by atoms with E-state index in [0.717, 1.165) is 10.5 Å². The molecule has 0 saturated carbocycles. The zero-order valence-corrected chi connectivity index (χ0v) is 10.7. The predicted molar refractivity (Wildman–Crippen MR) is 71.6 cm³/mol. The summed E-state index contributed by atoms with van der Waals surface area (Å²) in [5, 5.41) is 0. The molecule has 17 heavy (non-hydrogen) atoms. The SMILES string of the molecule is CSCC(=O)N(C)C(=O)/C=C\c1ccccc1. The first-order valence-electron chi connectivity index (χ1n) is 5.17. The van der Waals surface area contributed by atoms with Crippen LogP contribution in [0.1, 0.15) is 5.56 Å². The molecule has 0 aliphatic rings. The van der Waals surface area contributed by atoms with Crippen LogP contribution in [-0.4, -0.2) is 35.8 Å². The van der Waals surface area contributed by atoms with Gasteiger partial charge in [-0.25, -0.2) is 0 Å². The van der Waals surface area contributed by atoms with E-state index in [2.05, 4.69) is 0 Å². The molecule has 0 aliphatic heterocycles. The molecule has 0 aliphatic carbocycles. The Morgan fingerprint density at radius 3 is 2.53 bits per heavy atom. The highest BCUT2D eigenvalue weighted by Gasteiger charge is 2.12. The fourth-order valence-corrected chi connectivity index (χ4v) is 1.63. The smallest absolute Gasteiger partial charge is 0.252 e. The van der Waals surface area contributed by atoms with Gasteiger partial charge < -0.3 is 0 Å². The van der Waals surface area contributed by atoms with Gasteiger partial charge >= 0.3 is 0 Å². The van der Waals surface area contributed by atoms with Gasteiger partial charge in [0, 0.05) is 13.1 Å². The first kappa shape index (κ1) is 13.5. The van der Waals surface area contributed by atoms with Gasteiger partial charge in [0.1, 0.15) is 0 Å². The summed E-state index contributed by atoms with van der Waals surface area (Å²) >= 11 is 1.40. The highest BCUT2D eigenvalue weighted by molar-refractivity contribution is 7.99. The monoisotopic (exact) mass is 249 g/mol. The molecule has 2 amide bonds. The minimum absolute atomic E-state index is 0.180. The number of amides is 2. The zero-order chi connectivity index (χ0) is 12.7. The molecule has 0 N–H and O–H groups in total. The van der Waals surface area contributed by atoms with Crippen molar-refractivity contribution in [2.45, 2.75) is 0 Å². The number of benzene rings is 1. The Morgan fingerprint density at radius 1 is 1.29 bits per heavy atom. The van der Waals surface area contributed by atoms with Crippen LogP contribution in [0.2, 0.25) is 0 Å². The molecule has 3 nitrogen and oxygen atoms in total. The first-order chi connectivity index (χ1) is 8.15. The number of likely N-dealkylation sites (N-methyl/N-ethyl adjacent to an activating group) is 1. The van der Waals surface area contributed by atoms with E-state index >= 15 is 0 Å². The third kappa shape index (κ3) is 4.44. The predicted octanol–water partition coefficient (Wildman–Crippen LogP) is 2.05. The standard InChI is InChI=1S/C13H15NO2S/c1-14(13(16)10-17-2)12(15)9-8-11-6-4-3-5-7-11/h3-9H,10H2,1-2H3/b9-8-. The molecule has 90 valence electrons.